The zero-order valence-corrected chi connectivity index (χ0v) is 10.1. The summed E-state index contributed by atoms with van der Waals surface area (Å²) in [6, 6.07) is 0. The predicted octanol–water partition coefficient (Wildman–Crippen LogP) is 3.32. The summed E-state index contributed by atoms with van der Waals surface area (Å²) in [4.78, 5) is 11.0. The summed E-state index contributed by atoms with van der Waals surface area (Å²) in [6.45, 7) is 3.97. The number of methoxy groups -OCH3 is 1. The zero-order chi connectivity index (χ0) is 11.3. The maximum atomic E-state index is 11.0. The Balaban J connectivity index is 2.54. The van der Waals surface area contributed by atoms with Gasteiger partial charge in [0.05, 0.1) is 13.4 Å². The molecular formula is C13H22O2. The van der Waals surface area contributed by atoms with E-state index >= 15 is 0 Å². The van der Waals surface area contributed by atoms with Crippen LogP contribution in [0.25, 0.3) is 0 Å². The second-order valence-corrected chi connectivity index (χ2v) is 4.75. The van der Waals surface area contributed by atoms with Crippen molar-refractivity contribution in [3.8, 4) is 0 Å². The number of hydrogen-bond donors (Lipinski definition) is 0. The molecule has 1 saturated carbocycles. The molecule has 1 aliphatic carbocycles. The average Bonchev–Trinajstić information content (AvgIpc) is 2.18. The van der Waals surface area contributed by atoms with Crippen LogP contribution in [0.3, 0.4) is 0 Å². The number of rotatable bonds is 4. The van der Waals surface area contributed by atoms with Gasteiger partial charge >= 0.3 is 0 Å². The van der Waals surface area contributed by atoms with E-state index in [4.69, 9.17) is 4.74 Å². The molecule has 0 aromatic heterocycles. The third-order valence-corrected chi connectivity index (χ3v) is 3.25. The smallest absolute Gasteiger partial charge is 0.129 e. The normalized spacial score (nSPS) is 29.1. The van der Waals surface area contributed by atoms with Crippen molar-refractivity contribution in [3.63, 3.8) is 0 Å². The Morgan fingerprint density at radius 2 is 2.33 bits per heavy atom. The van der Waals surface area contributed by atoms with E-state index in [-0.39, 0.29) is 0 Å². The monoisotopic (exact) mass is 210 g/mol. The van der Waals surface area contributed by atoms with E-state index < -0.39 is 0 Å². The molecule has 1 unspecified atom stereocenters. The van der Waals surface area contributed by atoms with Crippen LogP contribution in [-0.4, -0.2) is 12.9 Å². The third kappa shape index (κ3) is 4.06. The standard InChI is InChI=1S/C13H22O2/c1-10-4-6-13(9-15-3)12(8-10)7-5-11(2)14/h9-10,12H,4-8H2,1-3H3/b13-9+/t10?,12-/m1/s1. The Bertz CT molecular complexity index is 243. The fourth-order valence-electron chi connectivity index (χ4n) is 2.36. The Hall–Kier alpha value is -0.790. The Labute approximate surface area is 92.7 Å². The first kappa shape index (κ1) is 12.3. The van der Waals surface area contributed by atoms with E-state index in [9.17, 15) is 4.79 Å². The Morgan fingerprint density at radius 3 is 2.93 bits per heavy atom. The van der Waals surface area contributed by atoms with Crippen molar-refractivity contribution < 1.29 is 9.53 Å². The molecule has 0 bridgehead atoms. The minimum atomic E-state index is 0.296. The Morgan fingerprint density at radius 1 is 1.60 bits per heavy atom. The molecule has 0 N–H and O–H groups in total. The molecule has 0 heterocycles. The minimum Gasteiger partial charge on any atom is -0.504 e. The molecule has 0 spiro atoms. The molecule has 0 amide bonds. The lowest BCUT2D eigenvalue weighted by Crippen LogP contribution is -2.17. The number of Topliss-reactive ketones (excluding diaryl/α,β-unsaturated/α-hetero) is 1. The maximum absolute atomic E-state index is 11.0. The fourth-order valence-corrected chi connectivity index (χ4v) is 2.36. The molecular weight excluding hydrogens is 188 g/mol. The molecule has 2 atom stereocenters. The summed E-state index contributed by atoms with van der Waals surface area (Å²) in [7, 11) is 1.70. The van der Waals surface area contributed by atoms with Crippen LogP contribution >= 0.6 is 0 Å². The van der Waals surface area contributed by atoms with Crippen molar-refractivity contribution in [2.24, 2.45) is 11.8 Å². The third-order valence-electron chi connectivity index (χ3n) is 3.25. The number of hydrogen-bond acceptors (Lipinski definition) is 2. The lowest BCUT2D eigenvalue weighted by Gasteiger charge is -2.29. The van der Waals surface area contributed by atoms with Gasteiger partial charge in [-0.3, -0.25) is 0 Å². The number of carbonyl (C=O) groups is 1. The van der Waals surface area contributed by atoms with Crippen molar-refractivity contribution in [1.29, 1.82) is 0 Å². The van der Waals surface area contributed by atoms with Crippen LogP contribution in [-0.2, 0) is 9.53 Å². The van der Waals surface area contributed by atoms with Crippen LogP contribution in [0.4, 0.5) is 0 Å². The number of allylic oxidation sites excluding steroid dienone is 1. The van der Waals surface area contributed by atoms with Crippen molar-refractivity contribution in [2.75, 3.05) is 7.11 Å². The summed E-state index contributed by atoms with van der Waals surface area (Å²) in [5.74, 6) is 1.65. The van der Waals surface area contributed by atoms with E-state index in [0.717, 1.165) is 18.8 Å². The SMILES string of the molecule is CO/C=C1\CCC(C)C[C@H]1CCC(C)=O. The molecule has 0 aromatic rings. The highest BCUT2D eigenvalue weighted by atomic mass is 16.5. The van der Waals surface area contributed by atoms with Gasteiger partial charge in [-0.15, -0.1) is 0 Å². The molecule has 15 heavy (non-hydrogen) atoms. The molecule has 0 radical (unpaired) electrons. The highest BCUT2D eigenvalue weighted by Gasteiger charge is 2.23. The summed E-state index contributed by atoms with van der Waals surface area (Å²) in [5.41, 5.74) is 1.40. The molecule has 86 valence electrons. The first-order valence-corrected chi connectivity index (χ1v) is 5.84. The van der Waals surface area contributed by atoms with Gasteiger partial charge in [-0.25, -0.2) is 0 Å². The van der Waals surface area contributed by atoms with Gasteiger partial charge in [0.1, 0.15) is 5.78 Å². The summed E-state index contributed by atoms with van der Waals surface area (Å²) in [6.07, 6.45) is 7.19. The molecule has 2 nitrogen and oxygen atoms in total. The molecule has 1 rings (SSSR count). The number of ketones is 1. The van der Waals surface area contributed by atoms with E-state index in [1.807, 2.05) is 6.26 Å². The van der Waals surface area contributed by atoms with Crippen molar-refractivity contribution in [3.05, 3.63) is 11.8 Å². The van der Waals surface area contributed by atoms with Gasteiger partial charge in [0, 0.05) is 6.42 Å². The summed E-state index contributed by atoms with van der Waals surface area (Å²) >= 11 is 0. The summed E-state index contributed by atoms with van der Waals surface area (Å²) < 4.78 is 5.11. The first-order valence-electron chi connectivity index (χ1n) is 5.84. The van der Waals surface area contributed by atoms with Crippen molar-refractivity contribution in [1.82, 2.24) is 0 Å². The second-order valence-electron chi connectivity index (χ2n) is 4.75. The maximum Gasteiger partial charge on any atom is 0.129 e. The van der Waals surface area contributed by atoms with Crippen LogP contribution in [0, 0.1) is 11.8 Å². The van der Waals surface area contributed by atoms with Crippen LogP contribution in [0.15, 0.2) is 11.8 Å². The minimum absolute atomic E-state index is 0.296. The van der Waals surface area contributed by atoms with Crippen molar-refractivity contribution >= 4 is 5.78 Å². The lowest BCUT2D eigenvalue weighted by molar-refractivity contribution is -0.117. The van der Waals surface area contributed by atoms with Gasteiger partial charge < -0.3 is 9.53 Å². The van der Waals surface area contributed by atoms with E-state index in [1.54, 1.807) is 14.0 Å². The Kier molecular flexibility index (Phi) is 4.86. The fraction of sp³-hybridized carbons (Fsp3) is 0.769. The molecule has 2 heteroatoms. The van der Waals surface area contributed by atoms with Gasteiger partial charge in [-0.1, -0.05) is 6.92 Å². The molecule has 1 fully saturated rings. The predicted molar refractivity (Wildman–Crippen MR) is 61.5 cm³/mol. The number of ether oxygens (including phenoxy) is 1. The molecule has 1 aliphatic rings. The average molecular weight is 210 g/mol. The van der Waals surface area contributed by atoms with Crippen LogP contribution in [0.5, 0.6) is 0 Å². The highest BCUT2D eigenvalue weighted by Crippen LogP contribution is 2.35. The van der Waals surface area contributed by atoms with E-state index in [2.05, 4.69) is 6.92 Å². The number of carbonyl (C=O) groups excluding carboxylic acids is 1. The largest absolute Gasteiger partial charge is 0.504 e. The van der Waals surface area contributed by atoms with Crippen molar-refractivity contribution in [2.45, 2.75) is 46.0 Å². The quantitative estimate of drug-likeness (QED) is 0.665. The first-order chi connectivity index (χ1) is 7.13. The topological polar surface area (TPSA) is 26.3 Å². The molecule has 0 aliphatic heterocycles. The van der Waals surface area contributed by atoms with Gasteiger partial charge in [0.25, 0.3) is 0 Å². The molecule has 0 aromatic carbocycles. The van der Waals surface area contributed by atoms with Gasteiger partial charge in [-0.05, 0) is 50.0 Å². The second kappa shape index (κ2) is 5.94. The van der Waals surface area contributed by atoms with Gasteiger partial charge in [0.2, 0.25) is 0 Å². The van der Waals surface area contributed by atoms with E-state index in [0.29, 0.717) is 18.1 Å². The summed E-state index contributed by atoms with van der Waals surface area (Å²) in [5, 5.41) is 0. The van der Waals surface area contributed by atoms with Gasteiger partial charge in [-0.2, -0.15) is 0 Å². The highest BCUT2D eigenvalue weighted by molar-refractivity contribution is 5.75. The van der Waals surface area contributed by atoms with E-state index in [1.165, 1.54) is 18.4 Å². The van der Waals surface area contributed by atoms with Gasteiger partial charge in [0.15, 0.2) is 0 Å². The van der Waals surface area contributed by atoms with Crippen LogP contribution in [0.2, 0.25) is 0 Å². The van der Waals surface area contributed by atoms with Crippen LogP contribution in [0.1, 0.15) is 46.0 Å². The molecule has 0 saturated heterocycles. The zero-order valence-electron chi connectivity index (χ0n) is 10.1. The lowest BCUT2D eigenvalue weighted by atomic mass is 9.77. The van der Waals surface area contributed by atoms with Crippen LogP contribution < -0.4 is 0 Å².